The molecular weight excluding hydrogens is 214 g/mol. The molecule has 0 spiro atoms. The van der Waals surface area contributed by atoms with Gasteiger partial charge in [-0.3, -0.25) is 9.68 Å². The molecule has 0 bridgehead atoms. The van der Waals surface area contributed by atoms with Crippen molar-refractivity contribution >= 4 is 12.4 Å². The van der Waals surface area contributed by atoms with Gasteiger partial charge in [-0.05, 0) is 26.8 Å². The first-order valence-electron chi connectivity index (χ1n) is 5.09. The second kappa shape index (κ2) is 7.19. The molecule has 0 rings (SSSR count). The maximum absolute atomic E-state index is 11.6. The zero-order valence-electron chi connectivity index (χ0n) is 10.1. The molecule has 0 unspecified atom stereocenters. The summed E-state index contributed by atoms with van der Waals surface area (Å²) in [6, 6.07) is -0.766. The van der Waals surface area contributed by atoms with Crippen LogP contribution in [0.4, 0.5) is 0 Å². The van der Waals surface area contributed by atoms with Gasteiger partial charge in [0.2, 0.25) is 0 Å². The molecule has 0 saturated heterocycles. The fourth-order valence-corrected chi connectivity index (χ4v) is 1.22. The molecule has 1 atom stereocenters. The molecule has 0 aliphatic rings. The van der Waals surface area contributed by atoms with Gasteiger partial charge in [0.15, 0.2) is 0 Å². The second-order valence-electron chi connectivity index (χ2n) is 3.77. The van der Waals surface area contributed by atoms with Crippen LogP contribution < -0.4 is 5.32 Å². The lowest BCUT2D eigenvalue weighted by molar-refractivity contribution is -0.260. The molecule has 0 amide bonds. The standard InChI is InChI=1S/C10H19NO5/c1-5-6-11-8(9(13)16-14-4)10(2,3)15-7-12/h7-8,11H,5-6H2,1-4H3/t8-/m1/s1. The molecule has 0 saturated carbocycles. The SMILES string of the molecule is CCCN[C@H](C(=O)OOC)C(C)(C)OC=O. The van der Waals surface area contributed by atoms with Crippen LogP contribution in [0.2, 0.25) is 0 Å². The molecule has 6 nitrogen and oxygen atoms in total. The van der Waals surface area contributed by atoms with Crippen molar-refractivity contribution in [1.82, 2.24) is 5.32 Å². The minimum absolute atomic E-state index is 0.306. The summed E-state index contributed by atoms with van der Waals surface area (Å²) in [5.41, 5.74) is -0.994. The molecule has 0 heterocycles. The van der Waals surface area contributed by atoms with E-state index in [2.05, 4.69) is 15.1 Å². The van der Waals surface area contributed by atoms with Crippen LogP contribution in [-0.4, -0.2) is 37.7 Å². The molecule has 0 aromatic carbocycles. The van der Waals surface area contributed by atoms with Crippen LogP contribution in [0.3, 0.4) is 0 Å². The van der Waals surface area contributed by atoms with Crippen molar-refractivity contribution in [2.75, 3.05) is 13.7 Å². The monoisotopic (exact) mass is 233 g/mol. The summed E-state index contributed by atoms with van der Waals surface area (Å²) in [7, 11) is 1.24. The number of rotatable bonds is 8. The molecule has 0 aromatic heterocycles. The summed E-state index contributed by atoms with van der Waals surface area (Å²) in [6.45, 7) is 6.10. The molecule has 0 aromatic rings. The van der Waals surface area contributed by atoms with Gasteiger partial charge in [-0.15, -0.1) is 0 Å². The molecule has 0 fully saturated rings. The molecule has 16 heavy (non-hydrogen) atoms. The highest BCUT2D eigenvalue weighted by Crippen LogP contribution is 2.15. The fraction of sp³-hybridized carbons (Fsp3) is 0.800. The normalized spacial score (nSPS) is 13.0. The van der Waals surface area contributed by atoms with Crippen LogP contribution in [-0.2, 0) is 24.1 Å². The van der Waals surface area contributed by atoms with Crippen molar-refractivity contribution in [2.45, 2.75) is 38.8 Å². The van der Waals surface area contributed by atoms with E-state index < -0.39 is 17.6 Å². The third kappa shape index (κ3) is 4.59. The minimum atomic E-state index is -0.994. The zero-order chi connectivity index (χ0) is 12.6. The quantitative estimate of drug-likeness (QED) is 0.372. The van der Waals surface area contributed by atoms with Gasteiger partial charge in [-0.25, -0.2) is 4.79 Å². The first-order chi connectivity index (χ1) is 7.49. The Labute approximate surface area is 95.2 Å². The molecular formula is C10H19NO5. The third-order valence-corrected chi connectivity index (χ3v) is 2.05. The lowest BCUT2D eigenvalue weighted by atomic mass is 9.98. The predicted octanol–water partition coefficient (Wildman–Crippen LogP) is 0.411. The van der Waals surface area contributed by atoms with Gasteiger partial charge in [0.25, 0.3) is 6.47 Å². The zero-order valence-corrected chi connectivity index (χ0v) is 10.1. The molecule has 0 aliphatic carbocycles. The Morgan fingerprint density at radius 1 is 1.50 bits per heavy atom. The summed E-state index contributed by atoms with van der Waals surface area (Å²) in [4.78, 5) is 30.7. The van der Waals surface area contributed by atoms with Gasteiger partial charge >= 0.3 is 5.97 Å². The summed E-state index contributed by atoms with van der Waals surface area (Å²) < 4.78 is 4.86. The number of carbonyl (C=O) groups is 2. The smallest absolute Gasteiger partial charge is 0.363 e. The van der Waals surface area contributed by atoms with Crippen molar-refractivity contribution in [2.24, 2.45) is 0 Å². The van der Waals surface area contributed by atoms with Gasteiger partial charge in [0, 0.05) is 0 Å². The van der Waals surface area contributed by atoms with Gasteiger partial charge in [-0.2, -0.15) is 4.89 Å². The van der Waals surface area contributed by atoms with Gasteiger partial charge in [0.05, 0.1) is 7.11 Å². The second-order valence-corrected chi connectivity index (χ2v) is 3.77. The van der Waals surface area contributed by atoms with Crippen molar-refractivity contribution in [1.29, 1.82) is 0 Å². The van der Waals surface area contributed by atoms with Gasteiger partial charge in [0.1, 0.15) is 11.6 Å². The Kier molecular flexibility index (Phi) is 6.67. The first-order valence-corrected chi connectivity index (χ1v) is 5.09. The molecule has 6 heteroatoms. The molecule has 0 aliphatic heterocycles. The van der Waals surface area contributed by atoms with Crippen LogP contribution in [0, 0.1) is 0 Å². The van der Waals surface area contributed by atoms with E-state index >= 15 is 0 Å². The minimum Gasteiger partial charge on any atom is -0.460 e. The van der Waals surface area contributed by atoms with Gasteiger partial charge in [-0.1, -0.05) is 6.92 Å². The van der Waals surface area contributed by atoms with E-state index in [0.717, 1.165) is 6.42 Å². The number of hydrogen-bond acceptors (Lipinski definition) is 6. The van der Waals surface area contributed by atoms with Crippen molar-refractivity contribution in [3.63, 3.8) is 0 Å². The highest BCUT2D eigenvalue weighted by Gasteiger charge is 2.38. The van der Waals surface area contributed by atoms with E-state index in [9.17, 15) is 9.59 Å². The summed E-state index contributed by atoms with van der Waals surface area (Å²) in [5, 5.41) is 2.94. The Balaban J connectivity index is 4.62. The number of carbonyl (C=O) groups excluding carboxylic acids is 2. The van der Waals surface area contributed by atoms with E-state index in [1.54, 1.807) is 13.8 Å². The highest BCUT2D eigenvalue weighted by atomic mass is 17.2. The maximum Gasteiger partial charge on any atom is 0.363 e. The average molecular weight is 233 g/mol. The van der Waals surface area contributed by atoms with E-state index in [0.29, 0.717) is 13.0 Å². The molecule has 94 valence electrons. The Bertz CT molecular complexity index is 229. The highest BCUT2D eigenvalue weighted by molar-refractivity contribution is 5.77. The largest absolute Gasteiger partial charge is 0.460 e. The van der Waals surface area contributed by atoms with Crippen molar-refractivity contribution < 1.29 is 24.1 Å². The Morgan fingerprint density at radius 3 is 2.56 bits per heavy atom. The number of hydrogen-bond donors (Lipinski definition) is 1. The maximum atomic E-state index is 11.6. The van der Waals surface area contributed by atoms with Crippen LogP contribution in [0.1, 0.15) is 27.2 Å². The Hall–Kier alpha value is -1.14. The van der Waals surface area contributed by atoms with Crippen LogP contribution >= 0.6 is 0 Å². The number of ether oxygens (including phenoxy) is 1. The summed E-state index contributed by atoms with van der Waals surface area (Å²) in [6.07, 6.45) is 0.841. The predicted molar refractivity (Wildman–Crippen MR) is 56.4 cm³/mol. The molecule has 1 N–H and O–H groups in total. The lowest BCUT2D eigenvalue weighted by Gasteiger charge is -2.30. The van der Waals surface area contributed by atoms with E-state index in [1.807, 2.05) is 6.92 Å². The van der Waals surface area contributed by atoms with Gasteiger partial charge < -0.3 is 10.1 Å². The van der Waals surface area contributed by atoms with Crippen LogP contribution in [0.15, 0.2) is 0 Å². The third-order valence-electron chi connectivity index (χ3n) is 2.05. The Morgan fingerprint density at radius 2 is 2.12 bits per heavy atom. The molecule has 0 radical (unpaired) electrons. The first kappa shape index (κ1) is 14.9. The fourth-order valence-electron chi connectivity index (χ4n) is 1.22. The average Bonchev–Trinajstić information content (AvgIpc) is 2.18. The summed E-state index contributed by atoms with van der Waals surface area (Å²) >= 11 is 0. The van der Waals surface area contributed by atoms with Crippen LogP contribution in [0.25, 0.3) is 0 Å². The van der Waals surface area contributed by atoms with E-state index in [1.165, 1.54) is 7.11 Å². The van der Waals surface area contributed by atoms with Crippen molar-refractivity contribution in [3.05, 3.63) is 0 Å². The van der Waals surface area contributed by atoms with E-state index in [-0.39, 0.29) is 0 Å². The van der Waals surface area contributed by atoms with Crippen molar-refractivity contribution in [3.8, 4) is 0 Å². The number of nitrogens with one attached hydrogen (secondary N) is 1. The van der Waals surface area contributed by atoms with Crippen LogP contribution in [0.5, 0.6) is 0 Å². The van der Waals surface area contributed by atoms with E-state index in [4.69, 9.17) is 4.74 Å². The lowest BCUT2D eigenvalue weighted by Crippen LogP contribution is -2.54. The topological polar surface area (TPSA) is 73.9 Å². The summed E-state index contributed by atoms with van der Waals surface area (Å²) in [5.74, 6) is -0.622.